The molecule has 0 radical (unpaired) electrons. The Morgan fingerprint density at radius 2 is 2.00 bits per heavy atom. The van der Waals surface area contributed by atoms with Gasteiger partial charge < -0.3 is 19.9 Å². The molecule has 136 valence electrons. The van der Waals surface area contributed by atoms with E-state index in [1.807, 2.05) is 50.2 Å². The lowest BCUT2D eigenvalue weighted by molar-refractivity contribution is 0.186. The van der Waals surface area contributed by atoms with Gasteiger partial charge in [-0.1, -0.05) is 39.7 Å². The monoisotopic (exact) mass is 427 g/mol. The molecule has 0 aliphatic rings. The Hall–Kier alpha value is -1.27. The lowest BCUT2D eigenvalue weighted by atomic mass is 10.1. The minimum atomic E-state index is -0.396. The Labute approximate surface area is 162 Å². The number of halogens is 2. The van der Waals surface area contributed by atoms with Crippen LogP contribution < -0.4 is 14.8 Å². The molecule has 0 fully saturated rings. The average molecular weight is 429 g/mol. The number of rotatable bonds is 8. The molecule has 2 aromatic rings. The highest BCUT2D eigenvalue weighted by molar-refractivity contribution is 9.10. The first kappa shape index (κ1) is 20.0. The highest BCUT2D eigenvalue weighted by Crippen LogP contribution is 2.37. The van der Waals surface area contributed by atoms with Crippen molar-refractivity contribution in [1.82, 2.24) is 5.32 Å². The van der Waals surface area contributed by atoms with Gasteiger partial charge in [0.05, 0.1) is 13.7 Å². The van der Waals surface area contributed by atoms with E-state index >= 15 is 0 Å². The Morgan fingerprint density at radius 3 is 2.64 bits per heavy atom. The summed E-state index contributed by atoms with van der Waals surface area (Å²) in [6.07, 6.45) is 0. The number of methoxy groups -OCH3 is 1. The molecule has 0 amide bonds. The molecule has 0 heterocycles. The second kappa shape index (κ2) is 8.90. The lowest BCUT2D eigenvalue weighted by Gasteiger charge is -2.25. The maximum atomic E-state index is 9.45. The molecule has 0 saturated heterocycles. The standard InChI is InChI=1S/C19H23BrClNO3/c1-19(2,12-23)22-10-15-16(20)7-8-17(24-3)18(15)25-11-13-5-4-6-14(21)9-13/h4-9,22-23H,10-12H2,1-3H3. The Morgan fingerprint density at radius 1 is 1.24 bits per heavy atom. The molecule has 0 aliphatic heterocycles. The summed E-state index contributed by atoms with van der Waals surface area (Å²) in [5.41, 5.74) is 1.51. The Kier molecular flexibility index (Phi) is 7.14. The number of benzene rings is 2. The van der Waals surface area contributed by atoms with Crippen molar-refractivity contribution in [2.45, 2.75) is 32.5 Å². The van der Waals surface area contributed by atoms with Crippen molar-refractivity contribution in [2.24, 2.45) is 0 Å². The molecule has 0 saturated carbocycles. The third-order valence-electron chi connectivity index (χ3n) is 3.80. The highest BCUT2D eigenvalue weighted by atomic mass is 79.9. The van der Waals surface area contributed by atoms with Gasteiger partial charge in [0.2, 0.25) is 0 Å². The molecule has 2 N–H and O–H groups in total. The van der Waals surface area contributed by atoms with E-state index < -0.39 is 5.54 Å². The van der Waals surface area contributed by atoms with Crippen molar-refractivity contribution < 1.29 is 14.6 Å². The van der Waals surface area contributed by atoms with Crippen molar-refractivity contribution in [1.29, 1.82) is 0 Å². The Bertz CT molecular complexity index is 722. The fourth-order valence-electron chi connectivity index (χ4n) is 2.23. The molecule has 0 aromatic heterocycles. The quantitative estimate of drug-likeness (QED) is 0.647. The van der Waals surface area contributed by atoms with Gasteiger partial charge in [-0.3, -0.25) is 0 Å². The van der Waals surface area contributed by atoms with E-state index in [4.69, 9.17) is 21.1 Å². The van der Waals surface area contributed by atoms with Gasteiger partial charge in [0.1, 0.15) is 6.61 Å². The molecular formula is C19H23BrClNO3. The van der Waals surface area contributed by atoms with Crippen LogP contribution in [0, 0.1) is 0 Å². The summed E-state index contributed by atoms with van der Waals surface area (Å²) in [7, 11) is 1.62. The average Bonchev–Trinajstić information content (AvgIpc) is 2.59. The minimum absolute atomic E-state index is 0.0350. The van der Waals surface area contributed by atoms with Gasteiger partial charge in [-0.15, -0.1) is 0 Å². The van der Waals surface area contributed by atoms with Crippen LogP contribution in [0.5, 0.6) is 11.5 Å². The predicted octanol–water partition coefficient (Wildman–Crippen LogP) is 4.55. The molecule has 25 heavy (non-hydrogen) atoms. The second-order valence-electron chi connectivity index (χ2n) is 6.37. The molecule has 0 atom stereocenters. The van der Waals surface area contributed by atoms with Crippen LogP contribution in [-0.2, 0) is 13.2 Å². The lowest BCUT2D eigenvalue weighted by Crippen LogP contribution is -2.42. The number of ether oxygens (including phenoxy) is 2. The summed E-state index contributed by atoms with van der Waals surface area (Å²) in [5, 5.41) is 13.4. The maximum absolute atomic E-state index is 9.45. The number of hydrogen-bond donors (Lipinski definition) is 2. The first-order valence-electron chi connectivity index (χ1n) is 7.95. The maximum Gasteiger partial charge on any atom is 0.167 e. The van der Waals surface area contributed by atoms with Crippen LogP contribution in [-0.4, -0.2) is 24.4 Å². The zero-order chi connectivity index (χ0) is 18.4. The van der Waals surface area contributed by atoms with Crippen molar-refractivity contribution in [2.75, 3.05) is 13.7 Å². The normalized spacial score (nSPS) is 11.4. The number of aliphatic hydroxyl groups is 1. The molecule has 2 rings (SSSR count). The molecule has 0 aliphatic carbocycles. The number of nitrogens with one attached hydrogen (secondary N) is 1. The van der Waals surface area contributed by atoms with Crippen LogP contribution in [0.3, 0.4) is 0 Å². The summed E-state index contributed by atoms with van der Waals surface area (Å²) >= 11 is 9.61. The highest BCUT2D eigenvalue weighted by Gasteiger charge is 2.20. The van der Waals surface area contributed by atoms with E-state index in [1.165, 1.54) is 0 Å². The molecule has 0 unspecified atom stereocenters. The van der Waals surface area contributed by atoms with Gasteiger partial charge in [0, 0.05) is 27.1 Å². The van der Waals surface area contributed by atoms with E-state index in [0.717, 1.165) is 15.6 Å². The second-order valence-corrected chi connectivity index (χ2v) is 7.66. The molecule has 2 aromatic carbocycles. The van der Waals surface area contributed by atoms with Gasteiger partial charge in [0.25, 0.3) is 0 Å². The summed E-state index contributed by atoms with van der Waals surface area (Å²) < 4.78 is 12.4. The van der Waals surface area contributed by atoms with Crippen LogP contribution in [0.25, 0.3) is 0 Å². The van der Waals surface area contributed by atoms with Crippen molar-refractivity contribution in [3.05, 3.63) is 57.0 Å². The van der Waals surface area contributed by atoms with Gasteiger partial charge in [-0.05, 0) is 43.7 Å². The zero-order valence-electron chi connectivity index (χ0n) is 14.6. The van der Waals surface area contributed by atoms with Crippen LogP contribution in [0.1, 0.15) is 25.0 Å². The fourth-order valence-corrected chi connectivity index (χ4v) is 2.90. The minimum Gasteiger partial charge on any atom is -0.493 e. The topological polar surface area (TPSA) is 50.7 Å². The SMILES string of the molecule is COc1ccc(Br)c(CNC(C)(C)CO)c1OCc1cccc(Cl)c1. The van der Waals surface area contributed by atoms with Gasteiger partial charge in [0.15, 0.2) is 11.5 Å². The van der Waals surface area contributed by atoms with Crippen molar-refractivity contribution >= 4 is 27.5 Å². The molecule has 6 heteroatoms. The molecule has 0 bridgehead atoms. The fraction of sp³-hybridized carbons (Fsp3) is 0.368. The summed E-state index contributed by atoms with van der Waals surface area (Å²) in [5.74, 6) is 1.32. The number of hydrogen-bond acceptors (Lipinski definition) is 4. The first-order chi connectivity index (χ1) is 11.9. The summed E-state index contributed by atoms with van der Waals surface area (Å²) in [4.78, 5) is 0. The zero-order valence-corrected chi connectivity index (χ0v) is 16.9. The summed E-state index contributed by atoms with van der Waals surface area (Å²) in [6.45, 7) is 4.81. The van der Waals surface area contributed by atoms with Crippen LogP contribution in [0.2, 0.25) is 5.02 Å². The first-order valence-corrected chi connectivity index (χ1v) is 9.12. The van der Waals surface area contributed by atoms with Crippen LogP contribution >= 0.6 is 27.5 Å². The van der Waals surface area contributed by atoms with E-state index in [0.29, 0.717) is 29.7 Å². The smallest absolute Gasteiger partial charge is 0.167 e. The third kappa shape index (κ3) is 5.61. The van der Waals surface area contributed by atoms with E-state index in [9.17, 15) is 5.11 Å². The van der Waals surface area contributed by atoms with Crippen LogP contribution in [0.4, 0.5) is 0 Å². The van der Waals surface area contributed by atoms with Crippen LogP contribution in [0.15, 0.2) is 40.9 Å². The predicted molar refractivity (Wildman–Crippen MR) is 104 cm³/mol. The van der Waals surface area contributed by atoms with Gasteiger partial charge >= 0.3 is 0 Å². The Balaban J connectivity index is 2.26. The van der Waals surface area contributed by atoms with Gasteiger partial charge in [-0.2, -0.15) is 0 Å². The number of aliphatic hydroxyl groups excluding tert-OH is 1. The van der Waals surface area contributed by atoms with E-state index in [1.54, 1.807) is 7.11 Å². The third-order valence-corrected chi connectivity index (χ3v) is 4.78. The van der Waals surface area contributed by atoms with Gasteiger partial charge in [-0.25, -0.2) is 0 Å². The largest absolute Gasteiger partial charge is 0.493 e. The van der Waals surface area contributed by atoms with Crippen molar-refractivity contribution in [3.8, 4) is 11.5 Å². The molecule has 4 nitrogen and oxygen atoms in total. The van der Waals surface area contributed by atoms with E-state index in [2.05, 4.69) is 21.2 Å². The van der Waals surface area contributed by atoms with Crippen molar-refractivity contribution in [3.63, 3.8) is 0 Å². The summed E-state index contributed by atoms with van der Waals surface area (Å²) in [6, 6.07) is 11.3. The molecular weight excluding hydrogens is 406 g/mol. The molecule has 0 spiro atoms. The van der Waals surface area contributed by atoms with E-state index in [-0.39, 0.29) is 6.61 Å².